The number of rotatable bonds is 5. The van der Waals surface area contributed by atoms with Crippen molar-refractivity contribution in [3.05, 3.63) is 65.9 Å². The van der Waals surface area contributed by atoms with Gasteiger partial charge in [-0.1, -0.05) is 30.3 Å². The molecule has 3 aromatic rings. The Morgan fingerprint density at radius 1 is 1.14 bits per heavy atom. The van der Waals surface area contributed by atoms with Gasteiger partial charge in [0.2, 0.25) is 0 Å². The average Bonchev–Trinajstić information content (AvgIpc) is 2.99. The van der Waals surface area contributed by atoms with Crippen molar-refractivity contribution in [3.8, 4) is 5.75 Å². The van der Waals surface area contributed by atoms with E-state index in [1.165, 1.54) is 0 Å². The number of ether oxygens (including phenoxy) is 1. The van der Waals surface area contributed by atoms with Crippen LogP contribution in [-0.4, -0.2) is 19.6 Å². The van der Waals surface area contributed by atoms with Crippen LogP contribution in [0, 0.1) is 0 Å². The second-order valence-electron chi connectivity index (χ2n) is 5.00. The molecule has 0 atom stereocenters. The fraction of sp³-hybridized carbons (Fsp3) is 0.167. The van der Waals surface area contributed by atoms with E-state index < -0.39 is 0 Å². The number of para-hydroxylation sites is 1. The Morgan fingerprint density at radius 2 is 1.91 bits per heavy atom. The number of methoxy groups -OCH3 is 1. The van der Waals surface area contributed by atoms with Gasteiger partial charge in [0.1, 0.15) is 11.3 Å². The normalized spacial score (nSPS) is 10.6. The first-order valence-corrected chi connectivity index (χ1v) is 7.16. The van der Waals surface area contributed by atoms with E-state index in [0.29, 0.717) is 12.3 Å². The Kier molecular flexibility index (Phi) is 4.10. The Balaban J connectivity index is 1.57. The smallest absolute Gasteiger partial charge is 0.287 e. The molecule has 3 rings (SSSR count). The van der Waals surface area contributed by atoms with Crippen LogP contribution in [0.15, 0.2) is 59.0 Å². The van der Waals surface area contributed by atoms with Gasteiger partial charge in [0, 0.05) is 11.9 Å². The van der Waals surface area contributed by atoms with E-state index in [-0.39, 0.29) is 5.91 Å². The summed E-state index contributed by atoms with van der Waals surface area (Å²) < 4.78 is 10.7. The Bertz CT molecular complexity index is 741. The maximum atomic E-state index is 12.1. The van der Waals surface area contributed by atoms with Crippen LogP contribution in [0.25, 0.3) is 11.0 Å². The number of hydrogen-bond donors (Lipinski definition) is 1. The minimum atomic E-state index is -0.190. The van der Waals surface area contributed by atoms with Crippen molar-refractivity contribution >= 4 is 16.9 Å². The van der Waals surface area contributed by atoms with Crippen molar-refractivity contribution < 1.29 is 13.9 Å². The van der Waals surface area contributed by atoms with E-state index in [4.69, 9.17) is 9.15 Å². The maximum Gasteiger partial charge on any atom is 0.287 e. The van der Waals surface area contributed by atoms with Gasteiger partial charge in [0.25, 0.3) is 5.91 Å². The lowest BCUT2D eigenvalue weighted by Crippen LogP contribution is -2.25. The highest BCUT2D eigenvalue weighted by Crippen LogP contribution is 2.18. The van der Waals surface area contributed by atoms with Crippen LogP contribution < -0.4 is 10.1 Å². The van der Waals surface area contributed by atoms with Crippen molar-refractivity contribution in [2.24, 2.45) is 0 Å². The molecule has 112 valence electrons. The van der Waals surface area contributed by atoms with Crippen LogP contribution in [0.2, 0.25) is 0 Å². The van der Waals surface area contributed by atoms with E-state index in [2.05, 4.69) is 5.32 Å². The zero-order chi connectivity index (χ0) is 15.4. The summed E-state index contributed by atoms with van der Waals surface area (Å²) in [5, 5.41) is 3.81. The summed E-state index contributed by atoms with van der Waals surface area (Å²) in [4.78, 5) is 12.1. The SMILES string of the molecule is COc1ccc(CCNC(=O)c2cc3ccccc3o2)cc1. The molecule has 0 unspecified atom stereocenters. The average molecular weight is 295 g/mol. The van der Waals surface area contributed by atoms with E-state index in [1.54, 1.807) is 13.2 Å². The zero-order valence-corrected chi connectivity index (χ0v) is 12.3. The zero-order valence-electron chi connectivity index (χ0n) is 12.3. The standard InChI is InChI=1S/C18H17NO3/c1-21-15-8-6-13(7-9-15)10-11-19-18(20)17-12-14-4-2-3-5-16(14)22-17/h2-9,12H,10-11H2,1H3,(H,19,20). The molecule has 0 aliphatic heterocycles. The third-order valence-corrected chi connectivity index (χ3v) is 3.51. The molecule has 1 aromatic heterocycles. The molecule has 0 spiro atoms. The number of carbonyl (C=O) groups excluding carboxylic acids is 1. The van der Waals surface area contributed by atoms with Crippen molar-refractivity contribution in [2.45, 2.75) is 6.42 Å². The summed E-state index contributed by atoms with van der Waals surface area (Å²) in [7, 11) is 1.64. The van der Waals surface area contributed by atoms with Crippen molar-refractivity contribution in [2.75, 3.05) is 13.7 Å². The number of nitrogens with one attached hydrogen (secondary N) is 1. The molecule has 1 N–H and O–H groups in total. The summed E-state index contributed by atoms with van der Waals surface area (Å²) in [6, 6.07) is 17.2. The Labute approximate surface area is 128 Å². The number of hydrogen-bond acceptors (Lipinski definition) is 3. The third kappa shape index (κ3) is 3.11. The number of furan rings is 1. The predicted octanol–water partition coefficient (Wildman–Crippen LogP) is 3.41. The highest BCUT2D eigenvalue weighted by atomic mass is 16.5. The number of carbonyl (C=O) groups is 1. The molecule has 22 heavy (non-hydrogen) atoms. The summed E-state index contributed by atoms with van der Waals surface area (Å²) in [5.41, 5.74) is 1.87. The molecule has 1 heterocycles. The van der Waals surface area contributed by atoms with Gasteiger partial charge in [-0.2, -0.15) is 0 Å². The molecular formula is C18H17NO3. The lowest BCUT2D eigenvalue weighted by molar-refractivity contribution is 0.0928. The van der Waals surface area contributed by atoms with Gasteiger partial charge in [-0.25, -0.2) is 0 Å². The molecule has 0 saturated heterocycles. The van der Waals surface area contributed by atoms with Crippen LogP contribution in [0.4, 0.5) is 0 Å². The topological polar surface area (TPSA) is 51.5 Å². The first-order chi connectivity index (χ1) is 10.8. The van der Waals surface area contributed by atoms with Gasteiger partial charge in [-0.05, 0) is 36.2 Å². The summed E-state index contributed by atoms with van der Waals surface area (Å²) >= 11 is 0. The second-order valence-corrected chi connectivity index (χ2v) is 5.00. The van der Waals surface area contributed by atoms with Gasteiger partial charge < -0.3 is 14.5 Å². The largest absolute Gasteiger partial charge is 0.497 e. The molecule has 0 aliphatic carbocycles. The van der Waals surface area contributed by atoms with Crippen LogP contribution in [-0.2, 0) is 6.42 Å². The molecule has 4 heteroatoms. The molecule has 4 nitrogen and oxygen atoms in total. The quantitative estimate of drug-likeness (QED) is 0.784. The van der Waals surface area contributed by atoms with Gasteiger partial charge >= 0.3 is 0 Å². The lowest BCUT2D eigenvalue weighted by Gasteiger charge is -2.04. The van der Waals surface area contributed by atoms with Crippen LogP contribution in [0.5, 0.6) is 5.75 Å². The second kappa shape index (κ2) is 6.35. The minimum absolute atomic E-state index is 0.190. The van der Waals surface area contributed by atoms with Crippen molar-refractivity contribution in [3.63, 3.8) is 0 Å². The fourth-order valence-corrected chi connectivity index (χ4v) is 2.29. The fourth-order valence-electron chi connectivity index (χ4n) is 2.29. The van der Waals surface area contributed by atoms with Gasteiger partial charge in [-0.3, -0.25) is 4.79 Å². The molecule has 1 amide bonds. The first-order valence-electron chi connectivity index (χ1n) is 7.16. The van der Waals surface area contributed by atoms with E-state index in [9.17, 15) is 4.79 Å². The number of benzene rings is 2. The molecule has 0 fully saturated rings. The van der Waals surface area contributed by atoms with E-state index >= 15 is 0 Å². The number of fused-ring (bicyclic) bond motifs is 1. The summed E-state index contributed by atoms with van der Waals surface area (Å²) in [6.07, 6.45) is 0.760. The monoisotopic (exact) mass is 295 g/mol. The molecule has 2 aromatic carbocycles. The van der Waals surface area contributed by atoms with Crippen LogP contribution >= 0.6 is 0 Å². The Morgan fingerprint density at radius 3 is 2.64 bits per heavy atom. The van der Waals surface area contributed by atoms with E-state index in [0.717, 1.165) is 28.7 Å². The lowest BCUT2D eigenvalue weighted by atomic mass is 10.1. The summed E-state index contributed by atoms with van der Waals surface area (Å²) in [5.74, 6) is 0.982. The third-order valence-electron chi connectivity index (χ3n) is 3.51. The molecule has 0 aliphatic rings. The number of amides is 1. The van der Waals surface area contributed by atoms with Crippen molar-refractivity contribution in [1.29, 1.82) is 0 Å². The predicted molar refractivity (Wildman–Crippen MR) is 85.2 cm³/mol. The molecule has 0 radical (unpaired) electrons. The molecule has 0 bridgehead atoms. The molecule has 0 saturated carbocycles. The minimum Gasteiger partial charge on any atom is -0.497 e. The Hall–Kier alpha value is -2.75. The maximum absolute atomic E-state index is 12.1. The van der Waals surface area contributed by atoms with E-state index in [1.807, 2.05) is 48.5 Å². The highest BCUT2D eigenvalue weighted by molar-refractivity contribution is 5.96. The first kappa shape index (κ1) is 14.2. The van der Waals surface area contributed by atoms with Crippen molar-refractivity contribution in [1.82, 2.24) is 5.32 Å². The van der Waals surface area contributed by atoms with Gasteiger partial charge in [0.05, 0.1) is 7.11 Å². The van der Waals surface area contributed by atoms with Gasteiger partial charge in [0.15, 0.2) is 5.76 Å². The molecular weight excluding hydrogens is 278 g/mol. The highest BCUT2D eigenvalue weighted by Gasteiger charge is 2.11. The van der Waals surface area contributed by atoms with Gasteiger partial charge in [-0.15, -0.1) is 0 Å². The van der Waals surface area contributed by atoms with Crippen LogP contribution in [0.1, 0.15) is 16.1 Å². The van der Waals surface area contributed by atoms with Crippen LogP contribution in [0.3, 0.4) is 0 Å². The summed E-state index contributed by atoms with van der Waals surface area (Å²) in [6.45, 7) is 0.558.